The second-order valence-corrected chi connectivity index (χ2v) is 9.68. The van der Waals surface area contributed by atoms with E-state index in [1.807, 2.05) is 4.90 Å². The van der Waals surface area contributed by atoms with Gasteiger partial charge in [-0.2, -0.15) is 28.2 Å². The number of fused-ring (bicyclic) bond motifs is 1. The fourth-order valence-electron chi connectivity index (χ4n) is 5.23. The number of aromatic nitrogens is 8. The summed E-state index contributed by atoms with van der Waals surface area (Å²) in [6.07, 6.45) is -0.0381. The Morgan fingerprint density at radius 1 is 1.03 bits per heavy atom. The third kappa shape index (κ3) is 4.30. The average molecular weight is 531 g/mol. The van der Waals surface area contributed by atoms with E-state index in [0.29, 0.717) is 48.0 Å². The number of anilines is 2. The number of alkyl halides is 3. The molecule has 1 aliphatic heterocycles. The summed E-state index contributed by atoms with van der Waals surface area (Å²) in [6, 6.07) is 1.38. The van der Waals surface area contributed by atoms with E-state index in [9.17, 15) is 23.4 Å². The Morgan fingerprint density at radius 3 is 2.55 bits per heavy atom. The van der Waals surface area contributed by atoms with Crippen molar-refractivity contribution in [2.75, 3.05) is 23.3 Å². The molecule has 5 heterocycles. The van der Waals surface area contributed by atoms with Gasteiger partial charge in [0.2, 0.25) is 0 Å². The Morgan fingerprint density at radius 2 is 1.84 bits per heavy atom. The van der Waals surface area contributed by atoms with Crippen molar-refractivity contribution in [3.8, 4) is 0 Å². The van der Waals surface area contributed by atoms with Crippen LogP contribution in [0.5, 0.6) is 0 Å². The highest BCUT2D eigenvalue weighted by molar-refractivity contribution is 5.83. The fraction of sp³-hybridized carbons (Fsp3) is 0.478. The van der Waals surface area contributed by atoms with Crippen LogP contribution in [-0.4, -0.2) is 81.0 Å². The van der Waals surface area contributed by atoms with Crippen molar-refractivity contribution in [2.45, 2.75) is 56.3 Å². The van der Waals surface area contributed by atoms with Crippen molar-refractivity contribution in [1.29, 1.82) is 0 Å². The van der Waals surface area contributed by atoms with Gasteiger partial charge in [-0.25, -0.2) is 19.9 Å². The predicted molar refractivity (Wildman–Crippen MR) is 128 cm³/mol. The highest BCUT2D eigenvalue weighted by Crippen LogP contribution is 2.39. The van der Waals surface area contributed by atoms with E-state index in [4.69, 9.17) is 0 Å². The lowest BCUT2D eigenvalue weighted by Crippen LogP contribution is -2.31. The first kappa shape index (κ1) is 24.5. The van der Waals surface area contributed by atoms with E-state index in [2.05, 4.69) is 35.5 Å². The molecule has 4 aromatic heterocycles. The van der Waals surface area contributed by atoms with Gasteiger partial charge in [-0.15, -0.1) is 0 Å². The summed E-state index contributed by atoms with van der Waals surface area (Å²) in [5.41, 5.74) is 0.947. The van der Waals surface area contributed by atoms with Crippen molar-refractivity contribution in [3.05, 3.63) is 48.4 Å². The van der Waals surface area contributed by atoms with Crippen LogP contribution >= 0.6 is 0 Å². The highest BCUT2D eigenvalue weighted by atomic mass is 19.4. The number of halogens is 3. The molecular weight excluding hydrogens is 505 g/mol. The van der Waals surface area contributed by atoms with Gasteiger partial charge in [0.1, 0.15) is 35.9 Å². The predicted octanol–water partition coefficient (Wildman–Crippen LogP) is 1.74. The molecule has 2 aliphatic rings. The third-order valence-corrected chi connectivity index (χ3v) is 7.19. The quantitative estimate of drug-likeness (QED) is 0.349. The molecule has 1 aliphatic carbocycles. The minimum Gasteiger partial charge on any atom is -0.388 e. The normalized spacial score (nSPS) is 25.9. The van der Waals surface area contributed by atoms with E-state index < -0.39 is 36.0 Å². The van der Waals surface area contributed by atoms with Crippen LogP contribution in [0.3, 0.4) is 0 Å². The summed E-state index contributed by atoms with van der Waals surface area (Å²) in [5.74, 6) is 0.986. The summed E-state index contributed by atoms with van der Waals surface area (Å²) < 4.78 is 40.3. The first-order valence-corrected chi connectivity index (χ1v) is 12.2. The van der Waals surface area contributed by atoms with Crippen molar-refractivity contribution in [2.24, 2.45) is 0 Å². The number of pyridine rings is 1. The third-order valence-electron chi connectivity index (χ3n) is 7.19. The summed E-state index contributed by atoms with van der Waals surface area (Å²) in [5, 5.41) is 33.4. The Balaban J connectivity index is 1.18. The van der Waals surface area contributed by atoms with Crippen molar-refractivity contribution in [3.63, 3.8) is 0 Å². The van der Waals surface area contributed by atoms with E-state index >= 15 is 0 Å². The number of aliphatic hydroxyl groups is 2. The summed E-state index contributed by atoms with van der Waals surface area (Å²) >= 11 is 0. The van der Waals surface area contributed by atoms with Crippen LogP contribution in [0.1, 0.15) is 36.2 Å². The first-order chi connectivity index (χ1) is 18.2. The molecule has 0 amide bonds. The fourth-order valence-corrected chi connectivity index (χ4v) is 5.23. The maximum Gasteiger partial charge on any atom is 0.417 e. The van der Waals surface area contributed by atoms with Gasteiger partial charge in [-0.05, 0) is 31.9 Å². The molecule has 0 radical (unpaired) electrons. The van der Waals surface area contributed by atoms with E-state index in [1.165, 1.54) is 17.2 Å². The number of aryl methyl sites for hydroxylation is 1. The zero-order chi connectivity index (χ0) is 26.6. The number of hydrogen-bond donors (Lipinski definition) is 3. The lowest BCUT2D eigenvalue weighted by Gasteiger charge is -2.19. The van der Waals surface area contributed by atoms with Gasteiger partial charge in [0, 0.05) is 25.3 Å². The highest BCUT2D eigenvalue weighted by Gasteiger charge is 2.45. The molecule has 1 unspecified atom stereocenters. The number of rotatable bonds is 5. The second kappa shape index (κ2) is 9.16. The maximum absolute atomic E-state index is 12.9. The molecule has 0 aromatic carbocycles. The molecular formula is C23H25F3N10O2. The van der Waals surface area contributed by atoms with Crippen LogP contribution in [0.25, 0.3) is 11.2 Å². The van der Waals surface area contributed by atoms with Crippen LogP contribution in [0, 0.1) is 6.92 Å². The summed E-state index contributed by atoms with van der Waals surface area (Å²) in [6.45, 7) is 2.94. The Hall–Kier alpha value is -3.85. The summed E-state index contributed by atoms with van der Waals surface area (Å²) in [4.78, 5) is 20.6. The summed E-state index contributed by atoms with van der Waals surface area (Å²) in [7, 11) is 0. The van der Waals surface area contributed by atoms with Crippen molar-refractivity contribution < 1.29 is 23.4 Å². The van der Waals surface area contributed by atoms with Gasteiger partial charge in [0.25, 0.3) is 0 Å². The number of hydrogen-bond acceptors (Lipinski definition) is 10. The number of imidazole rings is 1. The van der Waals surface area contributed by atoms with Crippen molar-refractivity contribution >= 4 is 22.8 Å². The number of nitrogens with one attached hydrogen (secondary N) is 1. The lowest BCUT2D eigenvalue weighted by molar-refractivity contribution is -0.137. The van der Waals surface area contributed by atoms with E-state index in [0.717, 1.165) is 18.7 Å². The molecule has 4 aromatic rings. The molecule has 1 saturated carbocycles. The smallest absolute Gasteiger partial charge is 0.388 e. The van der Waals surface area contributed by atoms with Crippen LogP contribution in [-0.2, 0) is 6.18 Å². The molecule has 200 valence electrons. The first-order valence-electron chi connectivity index (χ1n) is 12.2. The van der Waals surface area contributed by atoms with Gasteiger partial charge < -0.3 is 25.0 Å². The van der Waals surface area contributed by atoms with Gasteiger partial charge in [-0.3, -0.25) is 0 Å². The molecule has 6 rings (SSSR count). The standard InChI is InChI=1S/C23H25F3N10O2/c1-12-7-31-36(33-12)16-6-15(19(37)20(16)38)35-11-30-18-21(28-10-29-22(18)35)32-14-4-5-34(9-14)17-3-2-13(8-27-17)23(24,25)26/h2-3,7-8,10-11,14-16,19-20,37-38H,4-6,9H2,1H3,(H,28,29,32)/t14?,15-,16+,19+,20-/m1/s1. The molecule has 5 atom stereocenters. The molecule has 1 saturated heterocycles. The Labute approximate surface area is 214 Å². The second-order valence-electron chi connectivity index (χ2n) is 9.68. The van der Waals surface area contributed by atoms with E-state index in [-0.39, 0.29) is 6.04 Å². The molecule has 12 nitrogen and oxygen atoms in total. The molecule has 3 N–H and O–H groups in total. The minimum absolute atomic E-state index is 0.0419. The van der Waals surface area contributed by atoms with Gasteiger partial charge in [-0.1, -0.05) is 0 Å². The number of aliphatic hydroxyl groups excluding tert-OH is 2. The van der Waals surface area contributed by atoms with Crippen LogP contribution in [0.15, 0.2) is 37.2 Å². The van der Waals surface area contributed by atoms with Gasteiger partial charge in [0.05, 0.1) is 29.8 Å². The van der Waals surface area contributed by atoms with Gasteiger partial charge in [0.15, 0.2) is 11.5 Å². The van der Waals surface area contributed by atoms with Crippen LogP contribution in [0.2, 0.25) is 0 Å². The van der Waals surface area contributed by atoms with E-state index in [1.54, 1.807) is 24.0 Å². The maximum atomic E-state index is 12.9. The molecule has 15 heteroatoms. The Kier molecular flexibility index (Phi) is 5.90. The lowest BCUT2D eigenvalue weighted by atomic mass is 10.2. The Bertz CT molecular complexity index is 1440. The van der Waals surface area contributed by atoms with Crippen LogP contribution in [0.4, 0.5) is 24.8 Å². The molecule has 2 fully saturated rings. The largest absolute Gasteiger partial charge is 0.417 e. The zero-order valence-corrected chi connectivity index (χ0v) is 20.2. The topological polar surface area (TPSA) is 143 Å². The molecule has 0 bridgehead atoms. The SMILES string of the molecule is Cc1cnn([C@H]2C[C@@H](n3cnc4c(NC5CCN(c6ccc(C(F)(F)F)cn6)C5)ncnc43)[C@H](O)[C@@H]2O)n1. The average Bonchev–Trinajstić information content (AvgIpc) is 3.68. The van der Waals surface area contributed by atoms with Crippen molar-refractivity contribution in [1.82, 2.24) is 39.5 Å². The monoisotopic (exact) mass is 530 g/mol. The van der Waals surface area contributed by atoms with Crippen LogP contribution < -0.4 is 10.2 Å². The van der Waals surface area contributed by atoms with Gasteiger partial charge >= 0.3 is 6.18 Å². The minimum atomic E-state index is -4.43. The zero-order valence-electron chi connectivity index (χ0n) is 20.2. The molecule has 0 spiro atoms. The molecule has 38 heavy (non-hydrogen) atoms. The number of nitrogens with zero attached hydrogens (tertiary/aromatic N) is 9.